The highest BCUT2D eigenvalue weighted by Crippen LogP contribution is 2.19. The van der Waals surface area contributed by atoms with Crippen LogP contribution in [0.15, 0.2) is 0 Å². The second kappa shape index (κ2) is 5.46. The highest BCUT2D eigenvalue weighted by molar-refractivity contribution is 7.88. The summed E-state index contributed by atoms with van der Waals surface area (Å²) in [5, 5.41) is 10.6. The van der Waals surface area contributed by atoms with Crippen LogP contribution in [0, 0.1) is 5.41 Å². The Morgan fingerprint density at radius 3 is 2.06 bits per heavy atom. The van der Waals surface area contributed by atoms with E-state index in [0.717, 1.165) is 6.26 Å². The molecule has 3 N–H and O–H groups in total. The number of sulfonamides is 1. The van der Waals surface area contributed by atoms with Gasteiger partial charge in [-0.15, -0.1) is 0 Å². The van der Waals surface area contributed by atoms with Crippen molar-refractivity contribution in [1.82, 2.24) is 10.0 Å². The summed E-state index contributed by atoms with van der Waals surface area (Å²) < 4.78 is 24.4. The monoisotopic (exact) mass is 266 g/mol. The number of rotatable bonds is 5. The molecule has 0 saturated carbocycles. The molecule has 100 valence electrons. The van der Waals surface area contributed by atoms with Crippen LogP contribution in [-0.2, 0) is 19.6 Å². The fourth-order valence-electron chi connectivity index (χ4n) is 1.10. The summed E-state index contributed by atoms with van der Waals surface area (Å²) in [6.07, 6.45) is 0.941. The number of amides is 1. The second-order valence-electron chi connectivity index (χ2n) is 4.80. The molecule has 17 heavy (non-hydrogen) atoms. The predicted octanol–water partition coefficient (Wildman–Crippen LogP) is -0.849. The number of hydrogen-bond acceptors (Lipinski definition) is 4. The first-order chi connectivity index (χ1) is 7.43. The minimum atomic E-state index is -3.55. The van der Waals surface area contributed by atoms with Crippen molar-refractivity contribution in [3.63, 3.8) is 0 Å². The molecular weight excluding hydrogens is 248 g/mol. The zero-order chi connectivity index (χ0) is 13.9. The fourth-order valence-corrected chi connectivity index (χ4v) is 1.99. The Morgan fingerprint density at radius 2 is 1.76 bits per heavy atom. The summed E-state index contributed by atoms with van der Waals surface area (Å²) in [6, 6.07) is -1.02. The Bertz CT molecular complexity index is 396. The molecule has 8 heteroatoms. The molecule has 0 aromatic heterocycles. The molecule has 1 amide bonds. The molecule has 0 aliphatic carbocycles. The van der Waals surface area contributed by atoms with Crippen molar-refractivity contribution in [2.24, 2.45) is 5.41 Å². The first-order valence-corrected chi connectivity index (χ1v) is 6.79. The molecule has 0 heterocycles. The molecule has 0 aromatic rings. The van der Waals surface area contributed by atoms with Crippen molar-refractivity contribution in [1.29, 1.82) is 0 Å². The first kappa shape index (κ1) is 15.9. The Kier molecular flexibility index (Phi) is 5.09. The van der Waals surface area contributed by atoms with Crippen LogP contribution in [-0.4, -0.2) is 44.2 Å². The Labute approximate surface area is 101 Å². The molecule has 0 aliphatic rings. The lowest BCUT2D eigenvalue weighted by Gasteiger charge is -2.29. The molecule has 0 fully saturated rings. The van der Waals surface area contributed by atoms with E-state index in [1.54, 1.807) is 20.8 Å². The van der Waals surface area contributed by atoms with E-state index in [0.29, 0.717) is 0 Å². The number of carbonyl (C=O) groups is 2. The molecule has 0 aliphatic heterocycles. The Balaban J connectivity index is 4.82. The summed E-state index contributed by atoms with van der Waals surface area (Å²) in [5.41, 5.74) is -0.661. The highest BCUT2D eigenvalue weighted by atomic mass is 32.2. The molecule has 0 radical (unpaired) electrons. The van der Waals surface area contributed by atoms with Gasteiger partial charge in [-0.1, -0.05) is 20.8 Å². The minimum Gasteiger partial charge on any atom is -0.480 e. The molecule has 0 aromatic carbocycles. The maximum Gasteiger partial charge on any atom is 0.322 e. The molecule has 1 atom stereocenters. The largest absolute Gasteiger partial charge is 0.480 e. The molecular formula is C9H18N2O5S. The molecule has 0 rings (SSSR count). The SMILES string of the molecule is CC(C)(C)C(NS(C)(=O)=O)C(=O)NCC(=O)O. The average Bonchev–Trinajstić information content (AvgIpc) is 2.07. The molecule has 7 nitrogen and oxygen atoms in total. The van der Waals surface area contributed by atoms with Crippen molar-refractivity contribution in [3.05, 3.63) is 0 Å². The van der Waals surface area contributed by atoms with Crippen molar-refractivity contribution in [2.45, 2.75) is 26.8 Å². The second-order valence-corrected chi connectivity index (χ2v) is 6.58. The quantitative estimate of drug-likeness (QED) is 0.600. The van der Waals surface area contributed by atoms with Gasteiger partial charge in [0.1, 0.15) is 12.6 Å². The van der Waals surface area contributed by atoms with Gasteiger partial charge in [0, 0.05) is 0 Å². The van der Waals surface area contributed by atoms with Gasteiger partial charge in [-0.2, -0.15) is 0 Å². The average molecular weight is 266 g/mol. The van der Waals surface area contributed by atoms with Crippen molar-refractivity contribution in [3.8, 4) is 0 Å². The zero-order valence-corrected chi connectivity index (χ0v) is 11.1. The molecule has 1 unspecified atom stereocenters. The van der Waals surface area contributed by atoms with Gasteiger partial charge in [0.2, 0.25) is 15.9 Å². The van der Waals surface area contributed by atoms with Gasteiger partial charge >= 0.3 is 5.97 Å². The van der Waals surface area contributed by atoms with Crippen LogP contribution in [0.4, 0.5) is 0 Å². The van der Waals surface area contributed by atoms with Crippen LogP contribution >= 0.6 is 0 Å². The van der Waals surface area contributed by atoms with E-state index in [1.165, 1.54) is 0 Å². The molecule has 0 bridgehead atoms. The van der Waals surface area contributed by atoms with E-state index in [4.69, 9.17) is 5.11 Å². The van der Waals surface area contributed by atoms with Gasteiger partial charge in [0.05, 0.1) is 6.26 Å². The van der Waals surface area contributed by atoms with Gasteiger partial charge in [0.15, 0.2) is 0 Å². The predicted molar refractivity (Wildman–Crippen MR) is 61.9 cm³/mol. The normalized spacial score (nSPS) is 14.1. The van der Waals surface area contributed by atoms with Crippen LogP contribution < -0.4 is 10.0 Å². The van der Waals surface area contributed by atoms with Crippen molar-refractivity contribution < 1.29 is 23.1 Å². The Hall–Kier alpha value is -1.15. The third-order valence-corrected chi connectivity index (χ3v) is 2.54. The maximum absolute atomic E-state index is 11.7. The lowest BCUT2D eigenvalue weighted by atomic mass is 9.87. The zero-order valence-electron chi connectivity index (χ0n) is 10.3. The van der Waals surface area contributed by atoms with E-state index in [2.05, 4.69) is 10.0 Å². The highest BCUT2D eigenvalue weighted by Gasteiger charge is 2.33. The topological polar surface area (TPSA) is 113 Å². The molecule has 0 saturated heterocycles. The third kappa shape index (κ3) is 6.90. The summed E-state index contributed by atoms with van der Waals surface area (Å²) in [7, 11) is -3.55. The van der Waals surface area contributed by atoms with Crippen molar-refractivity contribution >= 4 is 21.9 Å². The number of hydrogen-bond donors (Lipinski definition) is 3. The number of aliphatic carboxylic acids is 1. The van der Waals surface area contributed by atoms with Gasteiger partial charge in [0.25, 0.3) is 0 Å². The van der Waals surface area contributed by atoms with Crippen LogP contribution in [0.3, 0.4) is 0 Å². The van der Waals surface area contributed by atoms with Gasteiger partial charge < -0.3 is 10.4 Å². The minimum absolute atomic E-state index is 0.545. The number of carboxylic acids is 1. The van der Waals surface area contributed by atoms with Crippen LogP contribution in [0.5, 0.6) is 0 Å². The van der Waals surface area contributed by atoms with Gasteiger partial charge in [-0.25, -0.2) is 13.1 Å². The van der Waals surface area contributed by atoms with Crippen LogP contribution in [0.25, 0.3) is 0 Å². The maximum atomic E-state index is 11.7. The lowest BCUT2D eigenvalue weighted by Crippen LogP contribution is -2.53. The Morgan fingerprint density at radius 1 is 1.29 bits per heavy atom. The number of carboxylic acid groups (broad SMARTS) is 1. The van der Waals surface area contributed by atoms with Crippen LogP contribution in [0.1, 0.15) is 20.8 Å². The lowest BCUT2D eigenvalue weighted by molar-refractivity contribution is -0.138. The van der Waals surface area contributed by atoms with E-state index >= 15 is 0 Å². The summed E-state index contributed by atoms with van der Waals surface area (Å²) in [6.45, 7) is 4.49. The number of carbonyl (C=O) groups excluding carboxylic acids is 1. The van der Waals surface area contributed by atoms with Gasteiger partial charge in [-0.3, -0.25) is 9.59 Å². The summed E-state index contributed by atoms with van der Waals surface area (Å²) >= 11 is 0. The van der Waals surface area contributed by atoms with Crippen molar-refractivity contribution in [2.75, 3.05) is 12.8 Å². The summed E-state index contributed by atoms with van der Waals surface area (Å²) in [4.78, 5) is 22.0. The smallest absolute Gasteiger partial charge is 0.322 e. The van der Waals surface area contributed by atoms with Crippen LogP contribution in [0.2, 0.25) is 0 Å². The van der Waals surface area contributed by atoms with E-state index in [1.807, 2.05) is 0 Å². The van der Waals surface area contributed by atoms with E-state index in [9.17, 15) is 18.0 Å². The van der Waals surface area contributed by atoms with E-state index in [-0.39, 0.29) is 0 Å². The summed E-state index contributed by atoms with van der Waals surface area (Å²) in [5.74, 6) is -1.85. The van der Waals surface area contributed by atoms with Gasteiger partial charge in [-0.05, 0) is 5.41 Å². The first-order valence-electron chi connectivity index (χ1n) is 4.90. The fraction of sp³-hybridized carbons (Fsp3) is 0.778. The van der Waals surface area contributed by atoms with E-state index < -0.39 is 39.9 Å². The number of nitrogens with one attached hydrogen (secondary N) is 2. The third-order valence-electron chi connectivity index (χ3n) is 1.87. The molecule has 0 spiro atoms. The standard InChI is InChI=1S/C9H18N2O5S/c1-9(2,3)7(11-17(4,15)16)8(14)10-5-6(12)13/h7,11H,5H2,1-4H3,(H,10,14)(H,12,13).